The molecule has 0 saturated heterocycles. The van der Waals surface area contributed by atoms with Crippen LogP contribution in [0.5, 0.6) is 0 Å². The van der Waals surface area contributed by atoms with E-state index in [1.165, 1.54) is 18.6 Å². The van der Waals surface area contributed by atoms with E-state index < -0.39 is 11.7 Å². The maximum Gasteiger partial charge on any atom is 0.416 e. The first kappa shape index (κ1) is 16.3. The highest BCUT2D eigenvalue weighted by molar-refractivity contribution is 5.36. The van der Waals surface area contributed by atoms with Crippen LogP contribution in [0.4, 0.5) is 13.2 Å². The van der Waals surface area contributed by atoms with E-state index in [0.29, 0.717) is 11.5 Å². The number of hydrogen-bond acceptors (Lipinski definition) is 1. The lowest BCUT2D eigenvalue weighted by molar-refractivity contribution is -0.137. The van der Waals surface area contributed by atoms with Crippen LogP contribution in [-0.4, -0.2) is 6.04 Å². The summed E-state index contributed by atoms with van der Waals surface area (Å²) in [6.45, 7) is 3.94. The number of aryl methyl sites for hydroxylation is 1. The molecule has 0 bridgehead atoms. The van der Waals surface area contributed by atoms with Crippen molar-refractivity contribution in [1.29, 1.82) is 0 Å². The van der Waals surface area contributed by atoms with E-state index in [2.05, 4.69) is 6.92 Å². The predicted octanol–water partition coefficient (Wildman–Crippen LogP) is 5.02. The molecule has 1 aliphatic carbocycles. The van der Waals surface area contributed by atoms with E-state index in [0.717, 1.165) is 31.2 Å². The Morgan fingerprint density at radius 2 is 1.95 bits per heavy atom. The van der Waals surface area contributed by atoms with Crippen LogP contribution >= 0.6 is 0 Å². The second kappa shape index (κ2) is 6.39. The van der Waals surface area contributed by atoms with Gasteiger partial charge >= 0.3 is 6.18 Å². The summed E-state index contributed by atoms with van der Waals surface area (Å²) < 4.78 is 38.3. The molecule has 0 amide bonds. The first-order valence-electron chi connectivity index (χ1n) is 7.76. The van der Waals surface area contributed by atoms with Crippen LogP contribution in [-0.2, 0) is 6.18 Å². The van der Waals surface area contributed by atoms with Gasteiger partial charge in [0.2, 0.25) is 0 Å². The molecule has 1 aromatic rings. The Hall–Kier alpha value is -1.03. The second-order valence-electron chi connectivity index (χ2n) is 6.31. The van der Waals surface area contributed by atoms with Crippen LogP contribution in [0.15, 0.2) is 18.2 Å². The van der Waals surface area contributed by atoms with Gasteiger partial charge in [-0.25, -0.2) is 0 Å². The molecule has 0 aromatic heterocycles. The van der Waals surface area contributed by atoms with Gasteiger partial charge in [-0.15, -0.1) is 0 Å². The molecule has 1 fully saturated rings. The van der Waals surface area contributed by atoms with Gasteiger partial charge < -0.3 is 5.73 Å². The highest BCUT2D eigenvalue weighted by Gasteiger charge is 2.33. The zero-order chi connectivity index (χ0) is 15.6. The van der Waals surface area contributed by atoms with Gasteiger partial charge in [-0.05, 0) is 61.3 Å². The van der Waals surface area contributed by atoms with Crippen molar-refractivity contribution in [2.45, 2.75) is 64.1 Å². The number of alkyl halides is 3. The van der Waals surface area contributed by atoms with Crippen LogP contribution in [0.25, 0.3) is 0 Å². The van der Waals surface area contributed by atoms with Gasteiger partial charge in [0.25, 0.3) is 0 Å². The lowest BCUT2D eigenvalue weighted by atomic mass is 9.73. The molecule has 2 rings (SSSR count). The molecule has 21 heavy (non-hydrogen) atoms. The quantitative estimate of drug-likeness (QED) is 0.832. The van der Waals surface area contributed by atoms with E-state index in [1.807, 2.05) is 0 Å². The molecule has 118 valence electrons. The van der Waals surface area contributed by atoms with Crippen molar-refractivity contribution in [3.05, 3.63) is 34.9 Å². The SMILES string of the molecule is CCCC1CCC(N)C(c2ccc(C(F)(F)F)cc2C)C1. The first-order valence-corrected chi connectivity index (χ1v) is 7.76. The topological polar surface area (TPSA) is 26.0 Å². The second-order valence-corrected chi connectivity index (χ2v) is 6.31. The Morgan fingerprint density at radius 3 is 2.52 bits per heavy atom. The van der Waals surface area contributed by atoms with Crippen LogP contribution in [0, 0.1) is 12.8 Å². The average molecular weight is 299 g/mol. The molecular formula is C17H24F3N. The zero-order valence-electron chi connectivity index (χ0n) is 12.7. The van der Waals surface area contributed by atoms with E-state index >= 15 is 0 Å². The van der Waals surface area contributed by atoms with Crippen molar-refractivity contribution in [3.8, 4) is 0 Å². The van der Waals surface area contributed by atoms with Gasteiger partial charge in [-0.1, -0.05) is 25.8 Å². The molecule has 0 spiro atoms. The minimum absolute atomic E-state index is 0.0635. The van der Waals surface area contributed by atoms with Gasteiger partial charge in [0.05, 0.1) is 5.56 Å². The maximum absolute atomic E-state index is 12.8. The smallest absolute Gasteiger partial charge is 0.327 e. The van der Waals surface area contributed by atoms with Gasteiger partial charge in [-0.2, -0.15) is 13.2 Å². The van der Waals surface area contributed by atoms with Crippen molar-refractivity contribution in [3.63, 3.8) is 0 Å². The van der Waals surface area contributed by atoms with Gasteiger partial charge in [-0.3, -0.25) is 0 Å². The fourth-order valence-corrected chi connectivity index (χ4v) is 3.58. The van der Waals surface area contributed by atoms with Crippen molar-refractivity contribution in [2.75, 3.05) is 0 Å². The summed E-state index contributed by atoms with van der Waals surface area (Å²) in [5.41, 5.74) is 7.38. The van der Waals surface area contributed by atoms with Crippen molar-refractivity contribution in [2.24, 2.45) is 11.7 Å². The fraction of sp³-hybridized carbons (Fsp3) is 0.647. The molecule has 4 heteroatoms. The average Bonchev–Trinajstić information content (AvgIpc) is 2.40. The minimum atomic E-state index is -4.28. The zero-order valence-corrected chi connectivity index (χ0v) is 12.7. The van der Waals surface area contributed by atoms with Crippen LogP contribution < -0.4 is 5.73 Å². The molecule has 0 heterocycles. The van der Waals surface area contributed by atoms with E-state index in [4.69, 9.17) is 5.73 Å². The Morgan fingerprint density at radius 1 is 1.24 bits per heavy atom. The Bertz CT molecular complexity index is 481. The third-order valence-electron chi connectivity index (χ3n) is 4.71. The van der Waals surface area contributed by atoms with Gasteiger partial charge in [0.1, 0.15) is 0 Å². The molecule has 2 N–H and O–H groups in total. The summed E-state index contributed by atoms with van der Waals surface area (Å²) in [4.78, 5) is 0. The summed E-state index contributed by atoms with van der Waals surface area (Å²) in [6.07, 6.45) is 1.17. The van der Waals surface area contributed by atoms with Gasteiger partial charge in [0.15, 0.2) is 0 Å². The van der Waals surface area contributed by atoms with Crippen molar-refractivity contribution in [1.82, 2.24) is 0 Å². The number of hydrogen-bond donors (Lipinski definition) is 1. The number of benzene rings is 1. The molecule has 3 atom stereocenters. The molecule has 0 radical (unpaired) electrons. The Labute approximate surface area is 124 Å². The van der Waals surface area contributed by atoms with Crippen LogP contribution in [0.2, 0.25) is 0 Å². The summed E-state index contributed by atoms with van der Waals surface area (Å²) in [5.74, 6) is 0.846. The molecule has 1 nitrogen and oxygen atoms in total. The largest absolute Gasteiger partial charge is 0.416 e. The van der Waals surface area contributed by atoms with Crippen LogP contribution in [0.1, 0.15) is 61.6 Å². The monoisotopic (exact) mass is 299 g/mol. The third kappa shape index (κ3) is 3.79. The summed E-state index contributed by atoms with van der Waals surface area (Å²) in [6, 6.07) is 4.15. The lowest BCUT2D eigenvalue weighted by Crippen LogP contribution is -2.35. The number of nitrogens with two attached hydrogens (primary N) is 1. The molecule has 3 unspecified atom stereocenters. The van der Waals surface area contributed by atoms with E-state index in [-0.39, 0.29) is 12.0 Å². The molecule has 1 aliphatic rings. The Balaban J connectivity index is 2.23. The Kier molecular flexibility index (Phi) is 4.97. The lowest BCUT2D eigenvalue weighted by Gasteiger charge is -2.35. The summed E-state index contributed by atoms with van der Waals surface area (Å²) in [5, 5.41) is 0. The summed E-state index contributed by atoms with van der Waals surface area (Å²) >= 11 is 0. The maximum atomic E-state index is 12.8. The van der Waals surface area contributed by atoms with E-state index in [9.17, 15) is 13.2 Å². The highest BCUT2D eigenvalue weighted by atomic mass is 19.4. The molecular weight excluding hydrogens is 275 g/mol. The van der Waals surface area contributed by atoms with Crippen LogP contribution in [0.3, 0.4) is 0 Å². The highest BCUT2D eigenvalue weighted by Crippen LogP contribution is 2.40. The molecule has 1 saturated carbocycles. The van der Waals surface area contributed by atoms with Crippen molar-refractivity contribution >= 4 is 0 Å². The normalized spacial score (nSPS) is 26.9. The fourth-order valence-electron chi connectivity index (χ4n) is 3.58. The summed E-state index contributed by atoms with van der Waals surface area (Å²) in [7, 11) is 0. The standard InChI is InChI=1S/C17H24F3N/c1-3-4-12-5-8-16(21)15(10-12)14-7-6-13(9-11(14)2)17(18,19)20/h6-7,9,12,15-16H,3-5,8,10,21H2,1-2H3. The first-order chi connectivity index (χ1) is 9.82. The minimum Gasteiger partial charge on any atom is -0.327 e. The van der Waals surface area contributed by atoms with Gasteiger partial charge in [0, 0.05) is 6.04 Å². The molecule has 1 aromatic carbocycles. The van der Waals surface area contributed by atoms with E-state index in [1.54, 1.807) is 13.0 Å². The number of halogens is 3. The molecule has 0 aliphatic heterocycles. The number of rotatable bonds is 3. The third-order valence-corrected chi connectivity index (χ3v) is 4.71. The van der Waals surface area contributed by atoms with Crippen molar-refractivity contribution < 1.29 is 13.2 Å². The predicted molar refractivity (Wildman–Crippen MR) is 79.1 cm³/mol.